The van der Waals surface area contributed by atoms with Crippen molar-refractivity contribution in [3.8, 4) is 0 Å². The Kier molecular flexibility index (Phi) is 5.15. The van der Waals surface area contributed by atoms with Crippen LogP contribution in [0, 0.1) is 13.8 Å². The van der Waals surface area contributed by atoms with E-state index in [9.17, 15) is 14.4 Å². The third-order valence-corrected chi connectivity index (χ3v) is 4.49. The lowest BCUT2D eigenvalue weighted by Gasteiger charge is -2.12. The number of nitrogens with one attached hydrogen (secondary N) is 1. The van der Waals surface area contributed by atoms with Crippen molar-refractivity contribution < 1.29 is 19.1 Å². The number of Topliss-reactive ketones (excluding diaryl/α,β-unsaturated/α-hetero) is 2. The van der Waals surface area contributed by atoms with Gasteiger partial charge in [-0.2, -0.15) is 0 Å². The van der Waals surface area contributed by atoms with Gasteiger partial charge in [0.15, 0.2) is 11.9 Å². The van der Waals surface area contributed by atoms with Crippen molar-refractivity contribution in [3.05, 3.63) is 44.9 Å². The Labute approximate surface area is 138 Å². The number of H-pyrrole nitrogens is 1. The average Bonchev–Trinajstić information content (AvgIpc) is 3.05. The van der Waals surface area contributed by atoms with Gasteiger partial charge in [0.1, 0.15) is 0 Å². The van der Waals surface area contributed by atoms with Crippen molar-refractivity contribution in [3.63, 3.8) is 0 Å². The van der Waals surface area contributed by atoms with E-state index in [-0.39, 0.29) is 18.0 Å². The van der Waals surface area contributed by atoms with E-state index in [1.165, 1.54) is 25.2 Å². The van der Waals surface area contributed by atoms with Crippen LogP contribution in [-0.2, 0) is 16.0 Å². The van der Waals surface area contributed by atoms with E-state index in [0.29, 0.717) is 22.5 Å². The zero-order chi connectivity index (χ0) is 17.1. The van der Waals surface area contributed by atoms with Crippen LogP contribution in [0.25, 0.3) is 0 Å². The van der Waals surface area contributed by atoms with Gasteiger partial charge in [-0.05, 0) is 44.7 Å². The number of carbonyl (C=O) groups is 3. The number of ketones is 2. The van der Waals surface area contributed by atoms with Crippen molar-refractivity contribution in [1.82, 2.24) is 4.98 Å². The van der Waals surface area contributed by atoms with Crippen LogP contribution in [0.15, 0.2) is 17.5 Å². The molecule has 0 aliphatic carbocycles. The van der Waals surface area contributed by atoms with Crippen LogP contribution in [0.5, 0.6) is 0 Å². The largest absolute Gasteiger partial charge is 0.454 e. The predicted octanol–water partition coefficient (Wildman–Crippen LogP) is 3.25. The van der Waals surface area contributed by atoms with Crippen molar-refractivity contribution in [1.29, 1.82) is 0 Å². The van der Waals surface area contributed by atoms with Gasteiger partial charge in [-0.25, -0.2) is 0 Å². The first-order valence-corrected chi connectivity index (χ1v) is 8.15. The Balaban J connectivity index is 2.09. The smallest absolute Gasteiger partial charge is 0.311 e. The Bertz CT molecular complexity index is 743. The molecule has 0 amide bonds. The zero-order valence-electron chi connectivity index (χ0n) is 13.6. The number of carbonyl (C=O) groups excluding carboxylic acids is 3. The third-order valence-electron chi connectivity index (χ3n) is 3.61. The molecule has 0 spiro atoms. The zero-order valence-corrected chi connectivity index (χ0v) is 14.4. The van der Waals surface area contributed by atoms with Crippen LogP contribution in [0.2, 0.25) is 0 Å². The van der Waals surface area contributed by atoms with Crippen molar-refractivity contribution in [2.75, 3.05) is 0 Å². The molecule has 0 unspecified atom stereocenters. The molecule has 2 rings (SSSR count). The molecule has 5 nitrogen and oxygen atoms in total. The Morgan fingerprint density at radius 2 is 2.00 bits per heavy atom. The first-order chi connectivity index (χ1) is 10.8. The van der Waals surface area contributed by atoms with Crippen molar-refractivity contribution in [2.24, 2.45) is 0 Å². The second kappa shape index (κ2) is 6.91. The van der Waals surface area contributed by atoms with Crippen LogP contribution < -0.4 is 0 Å². The summed E-state index contributed by atoms with van der Waals surface area (Å²) in [5, 5.41) is 1.88. The van der Waals surface area contributed by atoms with Crippen LogP contribution in [0.4, 0.5) is 0 Å². The van der Waals surface area contributed by atoms with E-state index < -0.39 is 12.1 Å². The maximum Gasteiger partial charge on any atom is 0.311 e. The molecular formula is C17H19NO4S. The topological polar surface area (TPSA) is 76.2 Å². The lowest BCUT2D eigenvalue weighted by atomic mass is 10.0. The molecule has 122 valence electrons. The van der Waals surface area contributed by atoms with E-state index in [1.807, 2.05) is 17.5 Å². The summed E-state index contributed by atoms with van der Waals surface area (Å²) in [7, 11) is 0. The maximum atomic E-state index is 12.5. The van der Waals surface area contributed by atoms with Gasteiger partial charge in [0.2, 0.25) is 5.78 Å². The molecule has 23 heavy (non-hydrogen) atoms. The lowest BCUT2D eigenvalue weighted by molar-refractivity contribution is -0.145. The minimum absolute atomic E-state index is 0.0994. The van der Waals surface area contributed by atoms with Gasteiger partial charge in [0.25, 0.3) is 0 Å². The molecule has 0 radical (unpaired) electrons. The van der Waals surface area contributed by atoms with Crippen LogP contribution in [-0.4, -0.2) is 28.6 Å². The van der Waals surface area contributed by atoms with Crippen molar-refractivity contribution >= 4 is 28.9 Å². The van der Waals surface area contributed by atoms with Crippen molar-refractivity contribution in [2.45, 2.75) is 40.2 Å². The van der Waals surface area contributed by atoms with Gasteiger partial charge in [-0.3, -0.25) is 14.4 Å². The normalized spacial score (nSPS) is 12.0. The number of hydrogen-bond acceptors (Lipinski definition) is 5. The number of thiophene rings is 1. The molecule has 6 heteroatoms. The van der Waals surface area contributed by atoms with Gasteiger partial charge in [0.05, 0.1) is 12.1 Å². The summed E-state index contributed by atoms with van der Waals surface area (Å²) < 4.78 is 5.22. The van der Waals surface area contributed by atoms with Crippen LogP contribution in [0.3, 0.4) is 0 Å². The molecule has 2 aromatic rings. The van der Waals surface area contributed by atoms with E-state index in [1.54, 1.807) is 13.8 Å². The summed E-state index contributed by atoms with van der Waals surface area (Å²) in [6.07, 6.45) is -0.754. The van der Waals surface area contributed by atoms with E-state index >= 15 is 0 Å². The second-order valence-electron chi connectivity index (χ2n) is 5.43. The van der Waals surface area contributed by atoms with Crippen LogP contribution in [0.1, 0.15) is 50.8 Å². The highest BCUT2D eigenvalue weighted by atomic mass is 32.1. The summed E-state index contributed by atoms with van der Waals surface area (Å²) >= 11 is 1.46. The fourth-order valence-corrected chi connectivity index (χ4v) is 3.27. The number of hydrogen-bond donors (Lipinski definition) is 1. The van der Waals surface area contributed by atoms with E-state index in [4.69, 9.17) is 4.74 Å². The number of aromatic nitrogens is 1. The molecule has 2 heterocycles. The molecule has 1 N–H and O–H groups in total. The summed E-state index contributed by atoms with van der Waals surface area (Å²) in [6.45, 7) is 6.46. The fourth-order valence-electron chi connectivity index (χ4n) is 2.58. The molecule has 0 aliphatic rings. The fraction of sp³-hybridized carbons (Fsp3) is 0.353. The standard InChI is InChI=1S/C17H19NO4S/c1-9-15(11(3)19)10(2)18-16(9)17(21)12(4)22-14(20)8-13-6-5-7-23-13/h5-7,12,18H,8H2,1-4H3/t12-/m0/s1. The van der Waals surface area contributed by atoms with Gasteiger partial charge in [-0.15, -0.1) is 11.3 Å². The molecule has 0 saturated carbocycles. The highest BCUT2D eigenvalue weighted by Gasteiger charge is 2.26. The molecule has 2 aromatic heterocycles. The Morgan fingerprint density at radius 1 is 1.30 bits per heavy atom. The Morgan fingerprint density at radius 3 is 2.52 bits per heavy atom. The quantitative estimate of drug-likeness (QED) is 0.650. The van der Waals surface area contributed by atoms with Gasteiger partial charge < -0.3 is 9.72 Å². The summed E-state index contributed by atoms with van der Waals surface area (Å²) in [4.78, 5) is 39.8. The second-order valence-corrected chi connectivity index (χ2v) is 6.47. The molecule has 0 aliphatic heterocycles. The molecule has 1 atom stereocenters. The summed E-state index contributed by atoms with van der Waals surface area (Å²) in [6, 6.07) is 3.70. The van der Waals surface area contributed by atoms with E-state index in [2.05, 4.69) is 4.98 Å². The molecule has 0 saturated heterocycles. The van der Waals surface area contributed by atoms with Gasteiger partial charge in [0, 0.05) is 16.1 Å². The highest BCUT2D eigenvalue weighted by molar-refractivity contribution is 7.10. The number of aromatic amines is 1. The maximum absolute atomic E-state index is 12.5. The number of rotatable bonds is 6. The van der Waals surface area contributed by atoms with Crippen LogP contribution >= 0.6 is 11.3 Å². The minimum Gasteiger partial charge on any atom is -0.454 e. The lowest BCUT2D eigenvalue weighted by Crippen LogP contribution is -2.26. The summed E-state index contributed by atoms with van der Waals surface area (Å²) in [5.74, 6) is -0.878. The van der Waals surface area contributed by atoms with Gasteiger partial charge >= 0.3 is 5.97 Å². The highest BCUT2D eigenvalue weighted by Crippen LogP contribution is 2.20. The monoisotopic (exact) mass is 333 g/mol. The number of aryl methyl sites for hydroxylation is 1. The number of esters is 1. The predicted molar refractivity (Wildman–Crippen MR) is 88.2 cm³/mol. The Hall–Kier alpha value is -2.21. The molecular weight excluding hydrogens is 314 g/mol. The average molecular weight is 333 g/mol. The van der Waals surface area contributed by atoms with E-state index in [0.717, 1.165) is 4.88 Å². The SMILES string of the molecule is CC(=O)c1c(C)[nH]c(C(=O)[C@H](C)OC(=O)Cc2cccs2)c1C. The first-order valence-electron chi connectivity index (χ1n) is 7.27. The molecule has 0 aromatic carbocycles. The molecule has 0 bridgehead atoms. The minimum atomic E-state index is -0.904. The number of ether oxygens (including phenoxy) is 1. The molecule has 0 fully saturated rings. The van der Waals surface area contributed by atoms with Gasteiger partial charge in [-0.1, -0.05) is 6.07 Å². The third kappa shape index (κ3) is 3.76. The first kappa shape index (κ1) is 17.1. The summed E-state index contributed by atoms with van der Waals surface area (Å²) in [5.41, 5.74) is 2.09.